The van der Waals surface area contributed by atoms with Gasteiger partial charge in [-0.3, -0.25) is 0 Å². The summed E-state index contributed by atoms with van der Waals surface area (Å²) in [7, 11) is 0. The molecule has 1 aliphatic heterocycles. The third-order valence-corrected chi connectivity index (χ3v) is 3.60. The maximum absolute atomic E-state index is 8.95. The lowest BCUT2D eigenvalue weighted by molar-refractivity contribution is 0.246. The molecule has 3 rings (SSSR count). The lowest BCUT2D eigenvalue weighted by atomic mass is 10.1. The van der Waals surface area contributed by atoms with Crippen LogP contribution in [0, 0.1) is 18.3 Å². The third kappa shape index (κ3) is 2.46. The summed E-state index contributed by atoms with van der Waals surface area (Å²) >= 11 is 0. The number of nitrogens with zero attached hydrogens (tertiary/aromatic N) is 1. The van der Waals surface area contributed by atoms with Crippen molar-refractivity contribution in [2.24, 2.45) is 0 Å². The zero-order valence-electron chi connectivity index (χ0n) is 11.4. The molecule has 2 aromatic carbocycles. The van der Waals surface area contributed by atoms with Gasteiger partial charge in [0.25, 0.3) is 0 Å². The lowest BCUT2D eigenvalue weighted by Crippen LogP contribution is -2.24. The van der Waals surface area contributed by atoms with E-state index in [2.05, 4.69) is 17.5 Å². The summed E-state index contributed by atoms with van der Waals surface area (Å²) in [5.41, 5.74) is 4.08. The topological polar surface area (TPSA) is 45.0 Å². The first-order valence-electron chi connectivity index (χ1n) is 6.75. The fourth-order valence-corrected chi connectivity index (χ4v) is 2.47. The molecule has 0 fully saturated rings. The molecule has 2 aromatic rings. The van der Waals surface area contributed by atoms with Crippen LogP contribution in [-0.2, 0) is 6.42 Å². The summed E-state index contributed by atoms with van der Waals surface area (Å²) < 4.78 is 5.90. The van der Waals surface area contributed by atoms with E-state index in [4.69, 9.17) is 10.00 Å². The highest BCUT2D eigenvalue weighted by Gasteiger charge is 2.21. The molecule has 0 saturated carbocycles. The number of ether oxygens (including phenoxy) is 1. The predicted octanol–water partition coefficient (Wildman–Crippen LogP) is 3.28. The average molecular weight is 264 g/mol. The van der Waals surface area contributed by atoms with Crippen LogP contribution in [0.3, 0.4) is 0 Å². The van der Waals surface area contributed by atoms with Gasteiger partial charge >= 0.3 is 0 Å². The number of rotatable bonds is 3. The Bertz CT molecular complexity index is 648. The zero-order valence-corrected chi connectivity index (χ0v) is 11.4. The van der Waals surface area contributed by atoms with E-state index in [1.807, 2.05) is 43.3 Å². The van der Waals surface area contributed by atoms with E-state index in [1.165, 1.54) is 5.56 Å². The highest BCUT2D eigenvalue weighted by molar-refractivity contribution is 5.55. The van der Waals surface area contributed by atoms with E-state index in [0.717, 1.165) is 30.0 Å². The number of anilines is 1. The van der Waals surface area contributed by atoms with Gasteiger partial charge in [0.2, 0.25) is 0 Å². The van der Waals surface area contributed by atoms with Gasteiger partial charge in [0.1, 0.15) is 11.9 Å². The van der Waals surface area contributed by atoms with Crippen molar-refractivity contribution in [1.82, 2.24) is 0 Å². The molecule has 3 heteroatoms. The fourth-order valence-electron chi connectivity index (χ4n) is 2.47. The number of hydrogen-bond donors (Lipinski definition) is 1. The van der Waals surface area contributed by atoms with Crippen molar-refractivity contribution < 1.29 is 4.74 Å². The minimum Gasteiger partial charge on any atom is -0.488 e. The number of nitriles is 1. The zero-order chi connectivity index (χ0) is 13.9. The van der Waals surface area contributed by atoms with Crippen molar-refractivity contribution in [3.63, 3.8) is 0 Å². The summed E-state index contributed by atoms with van der Waals surface area (Å²) in [6, 6.07) is 16.0. The van der Waals surface area contributed by atoms with Gasteiger partial charge < -0.3 is 10.1 Å². The fraction of sp³-hybridized carbons (Fsp3) is 0.235. The van der Waals surface area contributed by atoms with Crippen molar-refractivity contribution in [2.75, 3.05) is 11.9 Å². The van der Waals surface area contributed by atoms with Crippen LogP contribution in [0.25, 0.3) is 0 Å². The minimum atomic E-state index is 0.151. The van der Waals surface area contributed by atoms with Gasteiger partial charge in [-0.25, -0.2) is 0 Å². The molecule has 100 valence electrons. The Morgan fingerprint density at radius 1 is 1.30 bits per heavy atom. The van der Waals surface area contributed by atoms with Crippen LogP contribution in [0.1, 0.15) is 16.7 Å². The van der Waals surface area contributed by atoms with Crippen LogP contribution in [0.4, 0.5) is 5.69 Å². The summed E-state index contributed by atoms with van der Waals surface area (Å²) in [5, 5.41) is 12.3. The smallest absolute Gasteiger partial charge is 0.123 e. The molecule has 0 aromatic heterocycles. The van der Waals surface area contributed by atoms with E-state index in [9.17, 15) is 0 Å². The quantitative estimate of drug-likeness (QED) is 0.925. The third-order valence-electron chi connectivity index (χ3n) is 3.60. The molecule has 1 atom stereocenters. The highest BCUT2D eigenvalue weighted by atomic mass is 16.5. The molecular weight excluding hydrogens is 248 g/mol. The normalized spacial score (nSPS) is 16.1. The summed E-state index contributed by atoms with van der Waals surface area (Å²) in [4.78, 5) is 0. The number of aryl methyl sites for hydroxylation is 1. The number of fused-ring (bicyclic) bond motifs is 1. The molecule has 0 radical (unpaired) electrons. The standard InChI is InChI=1S/C17H16N2O/c1-12-6-7-13(10-18)8-16(12)19-11-15-9-14-4-2-3-5-17(14)20-15/h2-8,15,19H,9,11H2,1H3. The number of benzene rings is 2. The number of nitrogens with one attached hydrogen (secondary N) is 1. The van der Waals surface area contributed by atoms with Gasteiger partial charge in [-0.1, -0.05) is 24.3 Å². The Labute approximate surface area is 118 Å². The van der Waals surface area contributed by atoms with Crippen LogP contribution in [-0.4, -0.2) is 12.6 Å². The van der Waals surface area contributed by atoms with Crippen LogP contribution in [0.15, 0.2) is 42.5 Å². The molecule has 0 aliphatic carbocycles. The largest absolute Gasteiger partial charge is 0.488 e. The molecule has 0 bridgehead atoms. The highest BCUT2D eigenvalue weighted by Crippen LogP contribution is 2.28. The van der Waals surface area contributed by atoms with Crippen LogP contribution in [0.2, 0.25) is 0 Å². The van der Waals surface area contributed by atoms with Gasteiger partial charge in [0.05, 0.1) is 18.2 Å². The molecule has 0 spiro atoms. The molecular formula is C17H16N2O. The second-order valence-corrected chi connectivity index (χ2v) is 5.07. The molecule has 0 saturated heterocycles. The predicted molar refractivity (Wildman–Crippen MR) is 78.9 cm³/mol. The van der Waals surface area contributed by atoms with E-state index >= 15 is 0 Å². The van der Waals surface area contributed by atoms with Crippen molar-refractivity contribution in [1.29, 1.82) is 5.26 Å². The van der Waals surface area contributed by atoms with Crippen LogP contribution < -0.4 is 10.1 Å². The molecule has 1 heterocycles. The minimum absolute atomic E-state index is 0.151. The summed E-state index contributed by atoms with van der Waals surface area (Å²) in [6.07, 6.45) is 1.08. The first-order chi connectivity index (χ1) is 9.76. The van der Waals surface area contributed by atoms with E-state index in [0.29, 0.717) is 5.56 Å². The van der Waals surface area contributed by atoms with Crippen LogP contribution in [0.5, 0.6) is 5.75 Å². The Morgan fingerprint density at radius 3 is 2.95 bits per heavy atom. The van der Waals surface area contributed by atoms with E-state index in [-0.39, 0.29) is 6.10 Å². The first kappa shape index (κ1) is 12.6. The number of para-hydroxylation sites is 1. The monoisotopic (exact) mass is 264 g/mol. The molecule has 3 nitrogen and oxygen atoms in total. The average Bonchev–Trinajstić information content (AvgIpc) is 2.89. The van der Waals surface area contributed by atoms with Crippen LogP contribution >= 0.6 is 0 Å². The maximum atomic E-state index is 8.95. The Balaban J connectivity index is 1.66. The Kier molecular flexibility index (Phi) is 3.30. The van der Waals surface area contributed by atoms with Gasteiger partial charge in [0.15, 0.2) is 0 Å². The SMILES string of the molecule is Cc1ccc(C#N)cc1NCC1Cc2ccccc2O1. The molecule has 20 heavy (non-hydrogen) atoms. The van der Waals surface area contributed by atoms with Crippen molar-refractivity contribution in [3.05, 3.63) is 59.2 Å². The molecule has 1 aliphatic rings. The van der Waals surface area contributed by atoms with Crippen molar-refractivity contribution in [2.45, 2.75) is 19.4 Å². The van der Waals surface area contributed by atoms with Crippen molar-refractivity contribution >= 4 is 5.69 Å². The molecule has 1 unspecified atom stereocenters. The maximum Gasteiger partial charge on any atom is 0.123 e. The van der Waals surface area contributed by atoms with Gasteiger partial charge in [-0.05, 0) is 36.2 Å². The second kappa shape index (κ2) is 5.26. The molecule has 1 N–H and O–H groups in total. The lowest BCUT2D eigenvalue weighted by Gasteiger charge is -2.14. The Morgan fingerprint density at radius 2 is 2.15 bits per heavy atom. The van der Waals surface area contributed by atoms with Crippen molar-refractivity contribution in [3.8, 4) is 11.8 Å². The van der Waals surface area contributed by atoms with E-state index in [1.54, 1.807) is 0 Å². The number of hydrogen-bond acceptors (Lipinski definition) is 3. The van der Waals surface area contributed by atoms with Gasteiger partial charge in [0, 0.05) is 12.1 Å². The Hall–Kier alpha value is -2.47. The molecule has 0 amide bonds. The van der Waals surface area contributed by atoms with Gasteiger partial charge in [-0.2, -0.15) is 5.26 Å². The summed E-state index contributed by atoms with van der Waals surface area (Å²) in [5.74, 6) is 0.988. The second-order valence-electron chi connectivity index (χ2n) is 5.07. The summed E-state index contributed by atoms with van der Waals surface area (Å²) in [6.45, 7) is 2.78. The van der Waals surface area contributed by atoms with Gasteiger partial charge in [-0.15, -0.1) is 0 Å². The first-order valence-corrected chi connectivity index (χ1v) is 6.75. The van der Waals surface area contributed by atoms with E-state index < -0.39 is 0 Å².